The van der Waals surface area contributed by atoms with Gasteiger partial charge in [0.25, 0.3) is 0 Å². The first-order valence-corrected chi connectivity index (χ1v) is 3.62. The minimum Gasteiger partial charge on any atom is -0.268 e. The molecular weight excluding hydrogens is 136 g/mol. The molecule has 1 unspecified atom stereocenters. The molecule has 2 heteroatoms. The van der Waals surface area contributed by atoms with Crippen LogP contribution in [0.25, 0.3) is 0 Å². The molecule has 0 aliphatic heterocycles. The summed E-state index contributed by atoms with van der Waals surface area (Å²) < 4.78 is 0. The molecule has 0 radical (unpaired) electrons. The zero-order chi connectivity index (χ0) is 8.69. The van der Waals surface area contributed by atoms with Gasteiger partial charge >= 0.3 is 0 Å². The van der Waals surface area contributed by atoms with Crippen molar-refractivity contribution in [3.05, 3.63) is 38.0 Å². The van der Waals surface area contributed by atoms with Gasteiger partial charge in [0.05, 0.1) is 0 Å². The quantitative estimate of drug-likeness (QED) is 0.355. The highest BCUT2D eigenvalue weighted by molar-refractivity contribution is 4.92. The third-order valence-electron chi connectivity index (χ3n) is 1.45. The molecule has 2 nitrogen and oxygen atoms in total. The first-order chi connectivity index (χ1) is 5.26. The lowest BCUT2D eigenvalue weighted by molar-refractivity contribution is 0.263. The molecule has 11 heavy (non-hydrogen) atoms. The highest BCUT2D eigenvalue weighted by atomic mass is 15.4. The van der Waals surface area contributed by atoms with Crippen LogP contribution in [0.15, 0.2) is 38.0 Å². The predicted octanol–water partition coefficient (Wildman–Crippen LogP) is 1.48. The van der Waals surface area contributed by atoms with Gasteiger partial charge in [-0.1, -0.05) is 18.2 Å². The lowest BCUT2D eigenvalue weighted by Crippen LogP contribution is -2.39. The van der Waals surface area contributed by atoms with E-state index in [4.69, 9.17) is 5.84 Å². The third kappa shape index (κ3) is 3.75. The van der Waals surface area contributed by atoms with E-state index in [1.165, 1.54) is 0 Å². The number of rotatable bonds is 6. The summed E-state index contributed by atoms with van der Waals surface area (Å²) in [6, 6.07) is 0.172. The summed E-state index contributed by atoms with van der Waals surface area (Å²) in [6.45, 7) is 11.6. The topological polar surface area (TPSA) is 29.3 Å². The number of nitrogens with two attached hydrogens (primary N) is 1. The van der Waals surface area contributed by atoms with E-state index >= 15 is 0 Å². The van der Waals surface area contributed by atoms with Crippen LogP contribution in [0.5, 0.6) is 0 Å². The van der Waals surface area contributed by atoms with Crippen molar-refractivity contribution in [1.82, 2.24) is 5.01 Å². The standard InChI is InChI=1S/C9H16N2/c1-4-7-9(6-3)11(10)8-5-2/h4-6,9H,1-3,7-8,10H2. The van der Waals surface area contributed by atoms with Crippen molar-refractivity contribution in [1.29, 1.82) is 0 Å². The SMILES string of the molecule is C=CCC(C=C)N(N)CC=C. The first kappa shape index (κ1) is 10.1. The second-order valence-electron chi connectivity index (χ2n) is 2.31. The van der Waals surface area contributed by atoms with E-state index in [0.717, 1.165) is 6.42 Å². The van der Waals surface area contributed by atoms with Gasteiger partial charge in [-0.05, 0) is 6.42 Å². The zero-order valence-electron chi connectivity index (χ0n) is 6.87. The van der Waals surface area contributed by atoms with Crippen LogP contribution in [-0.4, -0.2) is 17.6 Å². The molecule has 0 bridgehead atoms. The largest absolute Gasteiger partial charge is 0.268 e. The van der Waals surface area contributed by atoms with Gasteiger partial charge in [0, 0.05) is 12.6 Å². The minimum absolute atomic E-state index is 0.172. The van der Waals surface area contributed by atoms with Gasteiger partial charge in [-0.3, -0.25) is 5.84 Å². The Bertz CT molecular complexity index is 140. The second-order valence-corrected chi connectivity index (χ2v) is 2.31. The molecule has 62 valence electrons. The summed E-state index contributed by atoms with van der Waals surface area (Å²) in [5.41, 5.74) is 0. The van der Waals surface area contributed by atoms with Gasteiger partial charge in [-0.25, -0.2) is 5.01 Å². The van der Waals surface area contributed by atoms with E-state index in [1.807, 2.05) is 12.2 Å². The zero-order valence-corrected chi connectivity index (χ0v) is 6.87. The Labute approximate surface area is 68.7 Å². The number of nitrogens with zero attached hydrogens (tertiary/aromatic N) is 1. The van der Waals surface area contributed by atoms with E-state index in [-0.39, 0.29) is 6.04 Å². The summed E-state index contributed by atoms with van der Waals surface area (Å²) in [5.74, 6) is 5.67. The van der Waals surface area contributed by atoms with Crippen LogP contribution in [0.1, 0.15) is 6.42 Å². The summed E-state index contributed by atoms with van der Waals surface area (Å²) in [4.78, 5) is 0. The van der Waals surface area contributed by atoms with Crippen LogP contribution in [0.4, 0.5) is 0 Å². The fourth-order valence-electron chi connectivity index (χ4n) is 0.822. The number of hydrazine groups is 1. The number of hydrogen-bond acceptors (Lipinski definition) is 2. The highest BCUT2D eigenvalue weighted by Crippen LogP contribution is 2.00. The van der Waals surface area contributed by atoms with Gasteiger partial charge in [0.1, 0.15) is 0 Å². The maximum Gasteiger partial charge on any atom is 0.0456 e. The lowest BCUT2D eigenvalue weighted by Gasteiger charge is -2.21. The summed E-state index contributed by atoms with van der Waals surface area (Å²) in [6.07, 6.45) is 6.23. The van der Waals surface area contributed by atoms with E-state index in [2.05, 4.69) is 19.7 Å². The van der Waals surface area contributed by atoms with Crippen LogP contribution in [0.3, 0.4) is 0 Å². The lowest BCUT2D eigenvalue weighted by atomic mass is 10.2. The van der Waals surface area contributed by atoms with Crippen molar-refractivity contribution in [2.45, 2.75) is 12.5 Å². The van der Waals surface area contributed by atoms with Crippen molar-refractivity contribution >= 4 is 0 Å². The third-order valence-corrected chi connectivity index (χ3v) is 1.45. The van der Waals surface area contributed by atoms with Crippen molar-refractivity contribution < 1.29 is 0 Å². The molecule has 2 N–H and O–H groups in total. The molecule has 0 saturated heterocycles. The molecule has 0 aromatic heterocycles. The molecular formula is C9H16N2. The molecule has 0 heterocycles. The number of hydrogen-bond donors (Lipinski definition) is 1. The second kappa shape index (κ2) is 5.89. The molecule has 0 aliphatic carbocycles. The fourth-order valence-corrected chi connectivity index (χ4v) is 0.822. The van der Waals surface area contributed by atoms with Crippen molar-refractivity contribution in [3.63, 3.8) is 0 Å². The van der Waals surface area contributed by atoms with Crippen molar-refractivity contribution in [2.75, 3.05) is 6.54 Å². The Morgan fingerprint density at radius 3 is 2.27 bits per heavy atom. The Kier molecular flexibility index (Phi) is 5.43. The van der Waals surface area contributed by atoms with E-state index in [9.17, 15) is 0 Å². The van der Waals surface area contributed by atoms with Gasteiger partial charge in [0.15, 0.2) is 0 Å². The Hall–Kier alpha value is -0.860. The van der Waals surface area contributed by atoms with E-state index in [1.54, 1.807) is 11.1 Å². The molecule has 0 aliphatic rings. The Balaban J connectivity index is 3.88. The highest BCUT2D eigenvalue weighted by Gasteiger charge is 2.06. The van der Waals surface area contributed by atoms with Crippen LogP contribution in [0, 0.1) is 0 Å². The Morgan fingerprint density at radius 1 is 1.27 bits per heavy atom. The van der Waals surface area contributed by atoms with Crippen LogP contribution in [0.2, 0.25) is 0 Å². The summed E-state index contributed by atoms with van der Waals surface area (Å²) >= 11 is 0. The molecule has 0 spiro atoms. The molecule has 0 fully saturated rings. The normalized spacial score (nSPS) is 12.5. The van der Waals surface area contributed by atoms with Gasteiger partial charge in [-0.2, -0.15) is 0 Å². The molecule has 0 aromatic rings. The predicted molar refractivity (Wildman–Crippen MR) is 49.9 cm³/mol. The molecule has 0 saturated carbocycles. The van der Waals surface area contributed by atoms with Gasteiger partial charge in [-0.15, -0.1) is 19.7 Å². The Morgan fingerprint density at radius 2 is 1.91 bits per heavy atom. The average Bonchev–Trinajstić information content (AvgIpc) is 2.00. The van der Waals surface area contributed by atoms with Crippen LogP contribution in [-0.2, 0) is 0 Å². The van der Waals surface area contributed by atoms with E-state index in [0.29, 0.717) is 6.54 Å². The maximum atomic E-state index is 5.67. The molecule has 1 atom stereocenters. The molecule has 0 amide bonds. The smallest absolute Gasteiger partial charge is 0.0456 e. The average molecular weight is 152 g/mol. The minimum atomic E-state index is 0.172. The molecule has 0 aromatic carbocycles. The van der Waals surface area contributed by atoms with E-state index < -0.39 is 0 Å². The van der Waals surface area contributed by atoms with Crippen molar-refractivity contribution in [2.24, 2.45) is 5.84 Å². The molecule has 0 rings (SSSR count). The summed E-state index contributed by atoms with van der Waals surface area (Å²) in [7, 11) is 0. The van der Waals surface area contributed by atoms with Gasteiger partial charge in [0.2, 0.25) is 0 Å². The van der Waals surface area contributed by atoms with Crippen LogP contribution < -0.4 is 5.84 Å². The first-order valence-electron chi connectivity index (χ1n) is 3.62. The fraction of sp³-hybridized carbons (Fsp3) is 0.333. The summed E-state index contributed by atoms with van der Waals surface area (Å²) in [5, 5.41) is 1.68. The maximum absolute atomic E-state index is 5.67. The van der Waals surface area contributed by atoms with Crippen LogP contribution >= 0.6 is 0 Å². The monoisotopic (exact) mass is 152 g/mol. The van der Waals surface area contributed by atoms with Gasteiger partial charge < -0.3 is 0 Å². The van der Waals surface area contributed by atoms with Crippen molar-refractivity contribution in [3.8, 4) is 0 Å².